The fourth-order valence-electron chi connectivity index (χ4n) is 5.26. The van der Waals surface area contributed by atoms with Crippen LogP contribution in [-0.4, -0.2) is 4.57 Å². The number of nitrogens with zero attached hydrogens (tertiary/aromatic N) is 1. The molecule has 1 aromatic heterocycles. The van der Waals surface area contributed by atoms with Crippen LogP contribution < -0.4 is 0 Å². The normalized spacial score (nSPS) is 10.7. The van der Waals surface area contributed by atoms with E-state index in [1.54, 1.807) is 0 Å². The molecule has 0 amide bonds. The monoisotopic (exact) mass is 557 g/mol. The van der Waals surface area contributed by atoms with Crippen molar-refractivity contribution in [2.75, 3.05) is 0 Å². The Kier molecular flexibility index (Phi) is 9.67. The first kappa shape index (κ1) is 29.4. The lowest BCUT2D eigenvalue weighted by Crippen LogP contribution is -1.93. The Balaban J connectivity index is 0.000000215. The van der Waals surface area contributed by atoms with Crippen LogP contribution in [0, 0.1) is 20.8 Å². The number of hydrogen-bond acceptors (Lipinski definition) is 0. The minimum Gasteiger partial charge on any atom is -0.309 e. The summed E-state index contributed by atoms with van der Waals surface area (Å²) in [5, 5.41) is 2.57. The lowest BCUT2D eigenvalue weighted by Gasteiger charge is -2.09. The van der Waals surface area contributed by atoms with Gasteiger partial charge in [0.2, 0.25) is 0 Å². The zero-order valence-corrected chi connectivity index (χ0v) is 25.5. The molecule has 6 aromatic carbocycles. The van der Waals surface area contributed by atoms with Crippen LogP contribution in [0.1, 0.15) is 29.2 Å². The molecule has 1 heteroatoms. The summed E-state index contributed by atoms with van der Waals surface area (Å²) in [7, 11) is 0. The van der Waals surface area contributed by atoms with E-state index in [0.29, 0.717) is 0 Å². The molecule has 0 fully saturated rings. The molecular weight excluding hydrogens is 518 g/mol. The molecule has 7 aromatic rings. The van der Waals surface area contributed by atoms with Gasteiger partial charge in [-0.15, -0.1) is 0 Å². The second kappa shape index (κ2) is 14.2. The summed E-state index contributed by atoms with van der Waals surface area (Å²) >= 11 is 0. The van der Waals surface area contributed by atoms with E-state index in [4.69, 9.17) is 0 Å². The van der Waals surface area contributed by atoms with Crippen molar-refractivity contribution < 1.29 is 0 Å². The van der Waals surface area contributed by atoms with Crippen molar-refractivity contribution in [1.82, 2.24) is 4.57 Å². The molecule has 0 unspecified atom stereocenters. The van der Waals surface area contributed by atoms with Crippen molar-refractivity contribution in [3.63, 3.8) is 0 Å². The molecule has 0 radical (unpaired) electrons. The highest BCUT2D eigenvalue weighted by Crippen LogP contribution is 2.35. The fraction of sp³-hybridized carbons (Fsp3) is 0.0952. The van der Waals surface area contributed by atoms with E-state index < -0.39 is 0 Å². The first-order chi connectivity index (χ1) is 21.0. The highest BCUT2D eigenvalue weighted by molar-refractivity contribution is 6.10. The Morgan fingerprint density at radius 1 is 0.442 bits per heavy atom. The molecule has 7 rings (SSSR count). The second-order valence-electron chi connectivity index (χ2n) is 10.9. The largest absolute Gasteiger partial charge is 0.309 e. The number of para-hydroxylation sites is 1. The summed E-state index contributed by atoms with van der Waals surface area (Å²) in [6, 6.07) is 53.4. The Labute approximate surface area is 256 Å². The van der Waals surface area contributed by atoms with Crippen LogP contribution in [0.15, 0.2) is 158 Å². The number of fused-ring (bicyclic) bond motifs is 3. The van der Waals surface area contributed by atoms with Gasteiger partial charge in [-0.3, -0.25) is 0 Å². The van der Waals surface area contributed by atoms with Crippen LogP contribution in [0.25, 0.3) is 44.7 Å². The molecular formula is C42H39N. The smallest absolute Gasteiger partial charge is 0.0547 e. The first-order valence-electron chi connectivity index (χ1n) is 14.9. The van der Waals surface area contributed by atoms with Crippen molar-refractivity contribution in [3.8, 4) is 16.8 Å². The summed E-state index contributed by atoms with van der Waals surface area (Å²) in [6.45, 7) is 8.37. The molecule has 0 spiro atoms. The molecule has 1 nitrogen and oxygen atoms in total. The first-order valence-corrected chi connectivity index (χ1v) is 14.9. The highest BCUT2D eigenvalue weighted by atomic mass is 15.0. The van der Waals surface area contributed by atoms with Gasteiger partial charge < -0.3 is 4.57 Å². The Bertz CT molecular complexity index is 1890. The summed E-state index contributed by atoms with van der Waals surface area (Å²) in [5.74, 6) is 0. The maximum atomic E-state index is 2.39. The van der Waals surface area contributed by atoms with Gasteiger partial charge in [-0.05, 0) is 68.7 Å². The number of rotatable bonds is 3. The Hall–Kier alpha value is -5.14. The molecule has 212 valence electrons. The molecule has 0 aliphatic carbocycles. The van der Waals surface area contributed by atoms with Gasteiger partial charge in [0.15, 0.2) is 0 Å². The van der Waals surface area contributed by atoms with Crippen molar-refractivity contribution in [2.24, 2.45) is 0 Å². The summed E-state index contributed by atoms with van der Waals surface area (Å²) in [6.07, 6.45) is 4.25. The molecule has 0 N–H and O–H groups in total. The zero-order chi connectivity index (χ0) is 30.0. The minimum absolute atomic E-state index is 1.19. The summed E-state index contributed by atoms with van der Waals surface area (Å²) < 4.78 is 2.39. The average molecular weight is 558 g/mol. The minimum atomic E-state index is 1.19. The van der Waals surface area contributed by atoms with Gasteiger partial charge in [0, 0.05) is 16.5 Å². The maximum Gasteiger partial charge on any atom is 0.0547 e. The standard InChI is InChI=1S/C28H23N.2C7H8/c1-3-8-21-13-15-25-26-16-14-23(22-10-7-9-20(2)17-22)19-28(26)29(27(25)18-21)24-11-5-4-6-12-24;2*1-7-5-3-2-4-6-7/h3-19H,1-2H3;2*2-6H,1H3/b8-3+;;. The lowest BCUT2D eigenvalue weighted by molar-refractivity contribution is 1.18. The van der Waals surface area contributed by atoms with Crippen LogP contribution in [0.5, 0.6) is 0 Å². The molecule has 43 heavy (non-hydrogen) atoms. The van der Waals surface area contributed by atoms with Gasteiger partial charge in [-0.1, -0.05) is 156 Å². The van der Waals surface area contributed by atoms with Crippen molar-refractivity contribution in [2.45, 2.75) is 27.7 Å². The van der Waals surface area contributed by atoms with Crippen LogP contribution in [0.3, 0.4) is 0 Å². The Morgan fingerprint density at radius 3 is 1.49 bits per heavy atom. The second-order valence-corrected chi connectivity index (χ2v) is 10.9. The predicted octanol–water partition coefficient (Wildman–Crippen LogP) is 11.8. The van der Waals surface area contributed by atoms with Crippen molar-refractivity contribution in [1.29, 1.82) is 0 Å². The Morgan fingerprint density at radius 2 is 0.953 bits per heavy atom. The average Bonchev–Trinajstić information content (AvgIpc) is 3.36. The number of aryl methyl sites for hydroxylation is 3. The van der Waals surface area contributed by atoms with Crippen molar-refractivity contribution >= 4 is 27.9 Å². The van der Waals surface area contributed by atoms with Gasteiger partial charge in [-0.2, -0.15) is 0 Å². The van der Waals surface area contributed by atoms with Gasteiger partial charge >= 0.3 is 0 Å². The zero-order valence-electron chi connectivity index (χ0n) is 25.5. The van der Waals surface area contributed by atoms with Gasteiger partial charge in [0.1, 0.15) is 0 Å². The summed E-state index contributed by atoms with van der Waals surface area (Å²) in [4.78, 5) is 0. The van der Waals surface area contributed by atoms with Crippen LogP contribution in [-0.2, 0) is 0 Å². The van der Waals surface area contributed by atoms with E-state index >= 15 is 0 Å². The third-order valence-corrected chi connectivity index (χ3v) is 7.40. The lowest BCUT2D eigenvalue weighted by atomic mass is 10.0. The van der Waals surface area contributed by atoms with E-state index in [2.05, 4.69) is 160 Å². The molecule has 0 aliphatic rings. The topological polar surface area (TPSA) is 4.93 Å². The molecule has 0 atom stereocenters. The third kappa shape index (κ3) is 7.39. The van der Waals surface area contributed by atoms with E-state index in [-0.39, 0.29) is 0 Å². The van der Waals surface area contributed by atoms with Crippen LogP contribution in [0.2, 0.25) is 0 Å². The molecule has 0 bridgehead atoms. The molecule has 0 aliphatic heterocycles. The summed E-state index contributed by atoms with van der Waals surface area (Å²) in [5.41, 5.74) is 11.3. The number of aromatic nitrogens is 1. The SMILES string of the molecule is C/C=C/c1ccc2c3ccc(-c4cccc(C)c4)cc3n(-c3ccccc3)c2c1.Cc1ccccc1.Cc1ccccc1. The maximum absolute atomic E-state index is 2.39. The molecule has 0 saturated heterocycles. The van der Waals surface area contributed by atoms with Gasteiger partial charge in [-0.25, -0.2) is 0 Å². The van der Waals surface area contributed by atoms with Crippen LogP contribution >= 0.6 is 0 Å². The van der Waals surface area contributed by atoms with Crippen molar-refractivity contribution in [3.05, 3.63) is 180 Å². The quantitative estimate of drug-likeness (QED) is 0.204. The fourth-order valence-corrected chi connectivity index (χ4v) is 5.26. The van der Waals surface area contributed by atoms with E-state index in [0.717, 1.165) is 0 Å². The van der Waals surface area contributed by atoms with E-state index in [1.165, 1.54) is 60.9 Å². The highest BCUT2D eigenvalue weighted by Gasteiger charge is 2.13. The number of allylic oxidation sites excluding steroid dienone is 1. The van der Waals surface area contributed by atoms with Gasteiger partial charge in [0.05, 0.1) is 11.0 Å². The predicted molar refractivity (Wildman–Crippen MR) is 188 cm³/mol. The van der Waals surface area contributed by atoms with Gasteiger partial charge in [0.25, 0.3) is 0 Å². The van der Waals surface area contributed by atoms with E-state index in [9.17, 15) is 0 Å². The molecule has 0 saturated carbocycles. The molecule has 1 heterocycles. The third-order valence-electron chi connectivity index (χ3n) is 7.40. The number of benzene rings is 6. The van der Waals surface area contributed by atoms with E-state index in [1.807, 2.05) is 36.4 Å². The number of hydrogen-bond donors (Lipinski definition) is 0. The van der Waals surface area contributed by atoms with Crippen LogP contribution in [0.4, 0.5) is 0 Å².